The van der Waals surface area contributed by atoms with Gasteiger partial charge in [0.2, 0.25) is 0 Å². The fraction of sp³-hybridized carbons (Fsp3) is 0.475. The van der Waals surface area contributed by atoms with Crippen molar-refractivity contribution in [3.63, 3.8) is 0 Å². The van der Waals surface area contributed by atoms with E-state index in [0.29, 0.717) is 52.8 Å². The summed E-state index contributed by atoms with van der Waals surface area (Å²) >= 11 is 25.9. The zero-order valence-corrected chi connectivity index (χ0v) is 58.1. The van der Waals surface area contributed by atoms with Crippen molar-refractivity contribution in [3.8, 4) is 23.0 Å². The topological polar surface area (TPSA) is 296 Å². The van der Waals surface area contributed by atoms with Gasteiger partial charge in [0.05, 0.1) is 60.5 Å². The molecule has 0 radical (unpaired) electrons. The SMILES string of the molecule is CC(C)(C)O.CCCCCCCl.COc1cc(CO)c(OC)c2ccccc12.COc1cc(COP(=O)(OCC2C=CC(n3cc(C)c(=O)[nH]c3=O)O2)N(C)CCCCCl)c(OC)c2ccccc12.Cc1cn(C2C=CC(CO)O2)c(=O)[nH]c1=O.ClP(Cl)Cl.O. The zero-order valence-electron chi connectivity index (χ0n) is 52.5. The molecule has 0 aliphatic carbocycles. The van der Waals surface area contributed by atoms with E-state index in [1.807, 2.05) is 48.5 Å². The van der Waals surface area contributed by atoms with Gasteiger partial charge in [-0.25, -0.2) is 18.8 Å². The van der Waals surface area contributed by atoms with Crippen LogP contribution in [0, 0.1) is 13.8 Å². The predicted molar refractivity (Wildman–Crippen MR) is 361 cm³/mol. The third-order valence-electron chi connectivity index (χ3n) is 12.8. The molecule has 4 aromatic carbocycles. The largest absolute Gasteiger partial charge is 0.496 e. The maximum absolute atomic E-state index is 14.1. The van der Waals surface area contributed by atoms with Gasteiger partial charge in [0.25, 0.3) is 11.1 Å². The molecular weight excluding hydrogens is 1310 g/mol. The number of benzene rings is 4. The quantitative estimate of drug-likeness (QED) is 0.0172. The first kappa shape index (κ1) is 81.3. The van der Waals surface area contributed by atoms with Crippen LogP contribution in [0.2, 0.25) is 0 Å². The third-order valence-corrected chi connectivity index (χ3v) is 15.3. The molecule has 90 heavy (non-hydrogen) atoms. The number of fused-ring (bicyclic) bond motifs is 2. The van der Waals surface area contributed by atoms with Crippen LogP contribution in [0.5, 0.6) is 23.0 Å². The Balaban J connectivity index is 0.000000459. The number of ether oxygens (including phenoxy) is 6. The first-order valence-electron chi connectivity index (χ1n) is 28.3. The second kappa shape index (κ2) is 41.7. The highest BCUT2D eigenvalue weighted by molar-refractivity contribution is 8.20. The lowest BCUT2D eigenvalue weighted by Gasteiger charge is -2.28. The molecule has 7 N–H and O–H groups in total. The molecule has 2 aliphatic heterocycles. The molecule has 2 aromatic heterocycles. The van der Waals surface area contributed by atoms with E-state index in [9.17, 15) is 28.8 Å². The highest BCUT2D eigenvalue weighted by Gasteiger charge is 2.34. The Bertz CT molecular complexity index is 3480. The van der Waals surface area contributed by atoms with Gasteiger partial charge in [0.1, 0.15) is 35.2 Å². The number of aromatic nitrogens is 4. The number of nitrogens with one attached hydrogen (secondary N) is 2. The minimum atomic E-state index is -3.83. The van der Waals surface area contributed by atoms with Crippen LogP contribution in [-0.4, -0.2) is 129 Å². The van der Waals surface area contributed by atoms with Gasteiger partial charge in [-0.2, -0.15) is 0 Å². The van der Waals surface area contributed by atoms with E-state index in [1.165, 1.54) is 47.2 Å². The molecule has 502 valence electrons. The van der Waals surface area contributed by atoms with Crippen LogP contribution < -0.4 is 41.4 Å². The molecule has 2 aliphatic rings. The van der Waals surface area contributed by atoms with Gasteiger partial charge >= 0.3 is 19.1 Å². The Morgan fingerprint density at radius 2 is 1.08 bits per heavy atom. The molecule has 0 bridgehead atoms. The number of H-pyrrole nitrogens is 2. The molecule has 8 rings (SSSR count). The van der Waals surface area contributed by atoms with Gasteiger partial charge in [0, 0.05) is 74.5 Å². The number of hydrogen-bond acceptors (Lipinski definition) is 16. The number of rotatable bonds is 23. The zero-order chi connectivity index (χ0) is 66.4. The average molecular weight is 1400 g/mol. The standard InChI is InChI=1S/C28H35ClN3O8P.C13H14O3.C10H12N2O4.C6H13Cl.C4H10O.Cl3P.H2O/c1-19-16-32(28(34)30-27(19)33)25-12-11-21(40-25)18-39-41(35,31(2)14-8-7-13-29)38-17-20-15-24(36-3)22-9-5-6-10-23(22)26(20)37-4;1-15-12-7-9(8-14)13(16-2)11-6-4-3-5-10(11)12;1-6-4-12(10(15)11-9(6)14)8-3-2-7(5-13)16-8;1-2-3-4-5-6-7;1-4(2,3)5;1-4(2)3;/h5-6,9-12,15-16,21,25H,7-8,13-14,17-18H2,1-4H3,(H,30,33,34);3-7,14H,8H2,1-2H3;2-4,7-8,13H,5H2,1H3,(H,11,14,15);2-6H2,1H3;5H,1-3H3;;1H2. The fourth-order valence-corrected chi connectivity index (χ4v) is 10.3. The van der Waals surface area contributed by atoms with Crippen LogP contribution in [0.4, 0.5) is 0 Å². The Morgan fingerprint density at radius 3 is 1.49 bits per heavy atom. The second-order valence-electron chi connectivity index (χ2n) is 20.8. The molecule has 5 unspecified atom stereocenters. The maximum atomic E-state index is 14.1. The Hall–Kier alpha value is -4.81. The molecule has 0 spiro atoms. The van der Waals surface area contributed by atoms with Gasteiger partial charge in [0.15, 0.2) is 18.4 Å². The molecule has 0 saturated heterocycles. The Labute approximate surface area is 550 Å². The fourth-order valence-electron chi connectivity index (χ4n) is 8.46. The molecule has 0 fully saturated rings. The minimum absolute atomic E-state index is 0. The van der Waals surface area contributed by atoms with E-state index in [-0.39, 0.29) is 31.9 Å². The van der Waals surface area contributed by atoms with Gasteiger partial charge < -0.3 is 49.2 Å². The van der Waals surface area contributed by atoms with Crippen molar-refractivity contribution >= 4 is 92.2 Å². The monoisotopic (exact) mass is 1400 g/mol. The summed E-state index contributed by atoms with van der Waals surface area (Å²) in [7, 11) is 4.22. The minimum Gasteiger partial charge on any atom is -0.496 e. The number of aromatic amines is 2. The number of aliphatic hydroxyl groups excluding tert-OH is 2. The van der Waals surface area contributed by atoms with Crippen LogP contribution in [0.3, 0.4) is 0 Å². The Kier molecular flexibility index (Phi) is 37.7. The lowest BCUT2D eigenvalue weighted by atomic mass is 10.0. The van der Waals surface area contributed by atoms with Gasteiger partial charge in [-0.05, 0) is 85.2 Å². The number of alkyl halides is 2. The molecular formula is C61H86Cl5N5O17P2. The summed E-state index contributed by atoms with van der Waals surface area (Å²) in [6.07, 6.45) is 13.9. The molecule has 4 heterocycles. The second-order valence-corrected chi connectivity index (χ2v) is 28.6. The Morgan fingerprint density at radius 1 is 0.656 bits per heavy atom. The highest BCUT2D eigenvalue weighted by Crippen LogP contribution is 2.53. The summed E-state index contributed by atoms with van der Waals surface area (Å²) in [4.78, 5) is 51.1. The van der Waals surface area contributed by atoms with Crippen molar-refractivity contribution in [1.29, 1.82) is 0 Å². The van der Waals surface area contributed by atoms with E-state index < -0.39 is 66.5 Å². The van der Waals surface area contributed by atoms with E-state index in [0.717, 1.165) is 45.2 Å². The maximum Gasteiger partial charge on any atom is 0.408 e. The van der Waals surface area contributed by atoms with Crippen molar-refractivity contribution < 1.29 is 62.8 Å². The summed E-state index contributed by atoms with van der Waals surface area (Å²) in [5, 5.41) is 30.3. The number of aliphatic hydroxyl groups is 3. The molecule has 29 heteroatoms. The number of aryl methyl sites for hydroxylation is 2. The van der Waals surface area contributed by atoms with Gasteiger partial charge in [-0.15, -0.1) is 23.2 Å². The molecule has 5 atom stereocenters. The van der Waals surface area contributed by atoms with Crippen LogP contribution in [0.25, 0.3) is 21.5 Å². The number of methoxy groups -OCH3 is 4. The van der Waals surface area contributed by atoms with Crippen molar-refractivity contribution in [3.05, 3.63) is 161 Å². The van der Waals surface area contributed by atoms with E-state index in [1.54, 1.807) is 111 Å². The first-order valence-corrected chi connectivity index (χ1v) is 34.9. The van der Waals surface area contributed by atoms with Crippen LogP contribution in [-0.2, 0) is 36.3 Å². The summed E-state index contributed by atoms with van der Waals surface area (Å²) in [6.45, 7) is 10.7. The number of halogens is 5. The first-order chi connectivity index (χ1) is 42.3. The van der Waals surface area contributed by atoms with Crippen molar-refractivity contribution in [1.82, 2.24) is 23.8 Å². The average Bonchev–Trinajstić information content (AvgIpc) is 1.13. The summed E-state index contributed by atoms with van der Waals surface area (Å²) in [6, 6.07) is 19.1. The van der Waals surface area contributed by atoms with Crippen molar-refractivity contribution in [2.24, 2.45) is 0 Å². The van der Waals surface area contributed by atoms with Crippen molar-refractivity contribution in [2.75, 3.05) is 67.0 Å². The van der Waals surface area contributed by atoms with Gasteiger partial charge in [-0.3, -0.25) is 37.7 Å². The summed E-state index contributed by atoms with van der Waals surface area (Å²) in [5.41, 5.74) is -0.286. The lowest BCUT2D eigenvalue weighted by Crippen LogP contribution is -2.33. The number of hydrogen-bond donors (Lipinski definition) is 5. The van der Waals surface area contributed by atoms with E-state index in [4.69, 9.17) is 105 Å². The van der Waals surface area contributed by atoms with Crippen LogP contribution in [0.15, 0.2) is 117 Å². The molecule has 6 aromatic rings. The smallest absolute Gasteiger partial charge is 0.408 e. The predicted octanol–water partition coefficient (Wildman–Crippen LogP) is 12.1. The number of nitrogens with zero attached hydrogens (tertiary/aromatic N) is 3. The number of unbranched alkanes of at least 4 members (excludes halogenated alkanes) is 4. The lowest BCUT2D eigenvalue weighted by molar-refractivity contribution is -0.0112. The van der Waals surface area contributed by atoms with E-state index in [2.05, 4.69) is 16.9 Å². The third kappa shape index (κ3) is 26.3. The van der Waals surface area contributed by atoms with E-state index >= 15 is 0 Å². The summed E-state index contributed by atoms with van der Waals surface area (Å²) < 4.78 is 63.4. The summed E-state index contributed by atoms with van der Waals surface area (Å²) in [5.74, 6) is 2.79. The molecule has 0 saturated carbocycles. The van der Waals surface area contributed by atoms with Crippen LogP contribution in [0.1, 0.15) is 101 Å². The highest BCUT2D eigenvalue weighted by atomic mass is 36.0. The normalized spacial score (nSPS) is 16.2. The molecule has 0 amide bonds. The van der Waals surface area contributed by atoms with Gasteiger partial charge in [-0.1, -0.05) is 121 Å². The van der Waals surface area contributed by atoms with Crippen molar-refractivity contribution in [2.45, 2.75) is 124 Å². The van der Waals surface area contributed by atoms with Crippen LogP contribution >= 0.6 is 70.7 Å². The molecule has 22 nitrogen and oxygen atoms in total.